The number of ether oxygens (including phenoxy) is 1. The summed E-state index contributed by atoms with van der Waals surface area (Å²) in [5.74, 6) is -0.575. The first-order chi connectivity index (χ1) is 11.5. The van der Waals surface area contributed by atoms with Crippen molar-refractivity contribution in [3.8, 4) is 0 Å². The summed E-state index contributed by atoms with van der Waals surface area (Å²) in [6.07, 6.45) is -0.836. The molecule has 0 spiro atoms. The summed E-state index contributed by atoms with van der Waals surface area (Å²) in [6.45, 7) is 5.61. The fourth-order valence-electron chi connectivity index (χ4n) is 2.15. The minimum atomic E-state index is -0.836. The molecular weight excluding hydrogens is 322 g/mol. The van der Waals surface area contributed by atoms with Crippen molar-refractivity contribution in [2.75, 3.05) is 11.1 Å². The van der Waals surface area contributed by atoms with Crippen LogP contribution in [0.5, 0.6) is 0 Å². The van der Waals surface area contributed by atoms with E-state index in [1.54, 1.807) is 19.1 Å². The van der Waals surface area contributed by atoms with E-state index in [2.05, 4.69) is 11.4 Å². The molecule has 0 bridgehead atoms. The molecule has 5 heteroatoms. The standard InChI is InChI=1S/C19H21NO3S/c1-13-9-10-17(14(2)11-13)24-12-18(21)23-15(3)19(22)20-16-7-5-4-6-8-16/h4-11,15H,12H2,1-3H3,(H,20,22)/t15-/m1/s1. The Morgan fingerprint density at radius 1 is 1.12 bits per heavy atom. The smallest absolute Gasteiger partial charge is 0.317 e. The number of aryl methyl sites for hydroxylation is 2. The van der Waals surface area contributed by atoms with Gasteiger partial charge >= 0.3 is 5.97 Å². The van der Waals surface area contributed by atoms with Crippen LogP contribution in [0.2, 0.25) is 0 Å². The maximum Gasteiger partial charge on any atom is 0.317 e. The van der Waals surface area contributed by atoms with Crippen LogP contribution in [0.4, 0.5) is 5.69 Å². The van der Waals surface area contributed by atoms with E-state index in [1.165, 1.54) is 17.3 Å². The van der Waals surface area contributed by atoms with Crippen LogP contribution >= 0.6 is 11.8 Å². The highest BCUT2D eigenvalue weighted by molar-refractivity contribution is 8.00. The molecule has 126 valence electrons. The molecule has 1 amide bonds. The lowest BCUT2D eigenvalue weighted by Crippen LogP contribution is -2.30. The number of hydrogen-bond donors (Lipinski definition) is 1. The van der Waals surface area contributed by atoms with E-state index < -0.39 is 12.1 Å². The van der Waals surface area contributed by atoms with Gasteiger partial charge in [0.1, 0.15) is 0 Å². The van der Waals surface area contributed by atoms with Crippen LogP contribution in [-0.2, 0) is 14.3 Å². The van der Waals surface area contributed by atoms with Gasteiger partial charge in [-0.3, -0.25) is 9.59 Å². The van der Waals surface area contributed by atoms with Crippen molar-refractivity contribution in [2.24, 2.45) is 0 Å². The minimum Gasteiger partial charge on any atom is -0.452 e. The summed E-state index contributed by atoms with van der Waals surface area (Å²) in [7, 11) is 0. The van der Waals surface area contributed by atoms with Crippen LogP contribution in [0.3, 0.4) is 0 Å². The number of nitrogens with one attached hydrogen (secondary N) is 1. The Morgan fingerprint density at radius 3 is 2.50 bits per heavy atom. The largest absolute Gasteiger partial charge is 0.452 e. The highest BCUT2D eigenvalue weighted by Crippen LogP contribution is 2.23. The van der Waals surface area contributed by atoms with Crippen molar-refractivity contribution in [1.29, 1.82) is 0 Å². The van der Waals surface area contributed by atoms with Crippen LogP contribution in [0.1, 0.15) is 18.1 Å². The molecule has 2 aromatic rings. The van der Waals surface area contributed by atoms with E-state index in [1.807, 2.05) is 44.2 Å². The van der Waals surface area contributed by atoms with Gasteiger partial charge in [-0.25, -0.2) is 0 Å². The summed E-state index contributed by atoms with van der Waals surface area (Å²) < 4.78 is 5.20. The molecule has 0 aliphatic rings. The average Bonchev–Trinajstić information content (AvgIpc) is 2.55. The molecule has 1 N–H and O–H groups in total. The first kappa shape index (κ1) is 18.1. The summed E-state index contributed by atoms with van der Waals surface area (Å²) in [6, 6.07) is 15.2. The first-order valence-electron chi connectivity index (χ1n) is 7.71. The number of anilines is 1. The predicted octanol–water partition coefficient (Wildman–Crippen LogP) is 3.97. The zero-order valence-corrected chi connectivity index (χ0v) is 14.9. The van der Waals surface area contributed by atoms with Crippen LogP contribution in [0.15, 0.2) is 53.4 Å². The highest BCUT2D eigenvalue weighted by atomic mass is 32.2. The Hall–Kier alpha value is -2.27. The summed E-state index contributed by atoms with van der Waals surface area (Å²) in [4.78, 5) is 25.0. The van der Waals surface area contributed by atoms with Crippen molar-refractivity contribution in [1.82, 2.24) is 0 Å². The third-order valence-electron chi connectivity index (χ3n) is 3.39. The Labute approximate surface area is 146 Å². The Balaban J connectivity index is 1.81. The lowest BCUT2D eigenvalue weighted by atomic mass is 10.2. The van der Waals surface area contributed by atoms with Gasteiger partial charge in [0.2, 0.25) is 0 Å². The van der Waals surface area contributed by atoms with Crippen molar-refractivity contribution in [3.63, 3.8) is 0 Å². The molecule has 0 heterocycles. The summed E-state index contributed by atoms with van der Waals surface area (Å²) in [5.41, 5.74) is 2.99. The average molecular weight is 343 g/mol. The van der Waals surface area contributed by atoms with Crippen molar-refractivity contribution >= 4 is 29.3 Å². The molecule has 0 saturated heterocycles. The molecule has 0 aliphatic carbocycles. The second kappa shape index (κ2) is 8.55. The topological polar surface area (TPSA) is 55.4 Å². The molecular formula is C19H21NO3S. The molecule has 1 atom stereocenters. The third kappa shape index (κ3) is 5.42. The molecule has 4 nitrogen and oxygen atoms in total. The molecule has 0 radical (unpaired) electrons. The number of hydrogen-bond acceptors (Lipinski definition) is 4. The van der Waals surface area contributed by atoms with Gasteiger partial charge in [0.25, 0.3) is 5.91 Å². The van der Waals surface area contributed by atoms with Crippen LogP contribution in [0, 0.1) is 13.8 Å². The fraction of sp³-hybridized carbons (Fsp3) is 0.263. The summed E-state index contributed by atoms with van der Waals surface area (Å²) in [5, 5.41) is 2.71. The van der Waals surface area contributed by atoms with Crippen LogP contribution in [-0.4, -0.2) is 23.7 Å². The molecule has 2 rings (SSSR count). The fourth-order valence-corrected chi connectivity index (χ4v) is 2.94. The molecule has 0 aromatic heterocycles. The summed E-state index contributed by atoms with van der Waals surface area (Å²) >= 11 is 1.42. The van der Waals surface area contributed by atoms with Gasteiger partial charge in [-0.15, -0.1) is 11.8 Å². The van der Waals surface area contributed by atoms with Crippen LogP contribution in [0.25, 0.3) is 0 Å². The monoisotopic (exact) mass is 343 g/mol. The molecule has 0 aliphatic heterocycles. The number of rotatable bonds is 6. The van der Waals surface area contributed by atoms with Gasteiger partial charge in [0, 0.05) is 10.6 Å². The number of thioether (sulfide) groups is 1. The van der Waals surface area contributed by atoms with Gasteiger partial charge in [-0.05, 0) is 44.5 Å². The minimum absolute atomic E-state index is 0.173. The highest BCUT2D eigenvalue weighted by Gasteiger charge is 2.18. The van der Waals surface area contributed by atoms with Crippen molar-refractivity contribution < 1.29 is 14.3 Å². The molecule has 2 aromatic carbocycles. The molecule has 0 saturated carbocycles. The maximum absolute atomic E-state index is 12.0. The third-order valence-corrected chi connectivity index (χ3v) is 4.54. The zero-order chi connectivity index (χ0) is 17.5. The van der Waals surface area contributed by atoms with Crippen LogP contribution < -0.4 is 5.32 Å². The number of amides is 1. The zero-order valence-electron chi connectivity index (χ0n) is 14.0. The van der Waals surface area contributed by atoms with E-state index in [0.29, 0.717) is 5.69 Å². The quantitative estimate of drug-likeness (QED) is 0.637. The van der Waals surface area contributed by atoms with E-state index in [4.69, 9.17) is 4.74 Å². The predicted molar refractivity (Wildman–Crippen MR) is 97.3 cm³/mol. The van der Waals surface area contributed by atoms with Gasteiger partial charge < -0.3 is 10.1 Å². The van der Waals surface area contributed by atoms with Gasteiger partial charge in [-0.1, -0.05) is 35.9 Å². The number of carbonyl (C=O) groups excluding carboxylic acids is 2. The first-order valence-corrected chi connectivity index (χ1v) is 8.69. The maximum atomic E-state index is 12.0. The number of esters is 1. The second-order valence-electron chi connectivity index (χ2n) is 5.54. The molecule has 24 heavy (non-hydrogen) atoms. The lowest BCUT2D eigenvalue weighted by molar-refractivity contribution is -0.150. The van der Waals surface area contributed by atoms with Gasteiger partial charge in [0.15, 0.2) is 6.10 Å². The van der Waals surface area contributed by atoms with E-state index in [-0.39, 0.29) is 11.7 Å². The van der Waals surface area contributed by atoms with E-state index in [0.717, 1.165) is 10.5 Å². The lowest BCUT2D eigenvalue weighted by Gasteiger charge is -2.13. The molecule has 0 unspecified atom stereocenters. The van der Waals surface area contributed by atoms with Crippen molar-refractivity contribution in [2.45, 2.75) is 31.8 Å². The van der Waals surface area contributed by atoms with E-state index in [9.17, 15) is 9.59 Å². The Morgan fingerprint density at radius 2 is 1.83 bits per heavy atom. The Bertz CT molecular complexity index is 716. The Kier molecular flexibility index (Phi) is 6.44. The second-order valence-corrected chi connectivity index (χ2v) is 6.56. The van der Waals surface area contributed by atoms with Gasteiger partial charge in [-0.2, -0.15) is 0 Å². The normalized spacial score (nSPS) is 11.6. The van der Waals surface area contributed by atoms with E-state index >= 15 is 0 Å². The molecule has 0 fully saturated rings. The number of benzene rings is 2. The number of carbonyl (C=O) groups is 2. The number of para-hydroxylation sites is 1. The SMILES string of the molecule is Cc1ccc(SCC(=O)O[C@H](C)C(=O)Nc2ccccc2)c(C)c1. The van der Waals surface area contributed by atoms with Crippen molar-refractivity contribution in [3.05, 3.63) is 59.7 Å². The van der Waals surface area contributed by atoms with Gasteiger partial charge in [0.05, 0.1) is 5.75 Å².